The number of halogens is 1. The van der Waals surface area contributed by atoms with Crippen LogP contribution < -0.4 is 0 Å². The van der Waals surface area contributed by atoms with E-state index in [1.807, 2.05) is 31.2 Å². The summed E-state index contributed by atoms with van der Waals surface area (Å²) in [7, 11) is 0. The third kappa shape index (κ3) is 4.39. The zero-order valence-corrected chi connectivity index (χ0v) is 15.3. The molecule has 1 aromatic carbocycles. The average Bonchev–Trinajstić information content (AvgIpc) is 2.94. The van der Waals surface area contributed by atoms with E-state index in [2.05, 4.69) is 0 Å². The molecule has 25 heavy (non-hydrogen) atoms. The molecule has 1 unspecified atom stereocenters. The van der Waals surface area contributed by atoms with E-state index in [0.29, 0.717) is 24.7 Å². The highest BCUT2D eigenvalue weighted by atomic mass is 35.5. The van der Waals surface area contributed by atoms with Gasteiger partial charge in [-0.15, -0.1) is 11.3 Å². The molecule has 132 valence electrons. The van der Waals surface area contributed by atoms with Crippen LogP contribution in [-0.4, -0.2) is 49.2 Å². The number of fused-ring (bicyclic) bond motifs is 1. The number of rotatable bonds is 4. The van der Waals surface area contributed by atoms with E-state index in [-0.39, 0.29) is 18.6 Å². The highest BCUT2D eigenvalue weighted by Crippen LogP contribution is 2.35. The number of nitrogens with zero attached hydrogens (tertiary/aromatic N) is 1. The van der Waals surface area contributed by atoms with Gasteiger partial charge < -0.3 is 14.4 Å². The summed E-state index contributed by atoms with van der Waals surface area (Å²) in [5.41, 5.74) is 0. The summed E-state index contributed by atoms with van der Waals surface area (Å²) in [6.07, 6.45) is 2.92. The third-order valence-electron chi connectivity index (χ3n) is 3.86. The van der Waals surface area contributed by atoms with Crippen LogP contribution in [0.2, 0.25) is 5.02 Å². The second-order valence-corrected chi connectivity index (χ2v) is 7.20. The minimum Gasteiger partial charge on any atom is -0.452 e. The van der Waals surface area contributed by atoms with Crippen molar-refractivity contribution < 1.29 is 19.1 Å². The Morgan fingerprint density at radius 1 is 1.44 bits per heavy atom. The van der Waals surface area contributed by atoms with Gasteiger partial charge in [-0.1, -0.05) is 29.8 Å². The number of carbonyl (C=O) groups is 2. The van der Waals surface area contributed by atoms with Gasteiger partial charge in [0, 0.05) is 34.1 Å². The van der Waals surface area contributed by atoms with Gasteiger partial charge in [-0.3, -0.25) is 4.79 Å². The first-order chi connectivity index (χ1) is 12.0. The molecule has 0 radical (unpaired) electrons. The molecular formula is C18H18ClNO4S. The first-order valence-corrected chi connectivity index (χ1v) is 9.15. The molecule has 2 heterocycles. The standard InChI is InChI=1S/C18H18ClNO4S/c1-12-10-20(8-9-23-12)16(21)11-24-17(22)7-6-15-18(19)13-4-2-3-5-14(13)25-15/h2-7,12H,8-11H2,1H3/b7-6+. The van der Waals surface area contributed by atoms with E-state index in [1.165, 1.54) is 17.4 Å². The van der Waals surface area contributed by atoms with Crippen molar-refractivity contribution in [3.8, 4) is 0 Å². The molecule has 1 aromatic heterocycles. The van der Waals surface area contributed by atoms with Crippen molar-refractivity contribution in [1.82, 2.24) is 4.90 Å². The van der Waals surface area contributed by atoms with Crippen LogP contribution >= 0.6 is 22.9 Å². The van der Waals surface area contributed by atoms with Gasteiger partial charge in [-0.05, 0) is 19.1 Å². The van der Waals surface area contributed by atoms with Crippen molar-refractivity contribution in [3.63, 3.8) is 0 Å². The normalized spacial score (nSPS) is 18.0. The molecule has 0 spiro atoms. The molecule has 0 aliphatic carbocycles. The Morgan fingerprint density at radius 3 is 3.00 bits per heavy atom. The van der Waals surface area contributed by atoms with E-state index >= 15 is 0 Å². The molecule has 2 aromatic rings. The smallest absolute Gasteiger partial charge is 0.331 e. The molecule has 0 bridgehead atoms. The summed E-state index contributed by atoms with van der Waals surface area (Å²) in [5, 5.41) is 1.57. The lowest BCUT2D eigenvalue weighted by molar-refractivity contribution is -0.151. The summed E-state index contributed by atoms with van der Waals surface area (Å²) in [6.45, 7) is 3.18. The van der Waals surface area contributed by atoms with Gasteiger partial charge in [-0.2, -0.15) is 0 Å². The van der Waals surface area contributed by atoms with E-state index < -0.39 is 5.97 Å². The second-order valence-electron chi connectivity index (χ2n) is 5.74. The lowest BCUT2D eigenvalue weighted by atomic mass is 10.2. The number of ether oxygens (including phenoxy) is 2. The van der Waals surface area contributed by atoms with Gasteiger partial charge in [0.25, 0.3) is 5.91 Å². The number of morpholine rings is 1. The van der Waals surface area contributed by atoms with E-state index in [1.54, 1.807) is 11.0 Å². The van der Waals surface area contributed by atoms with Crippen molar-refractivity contribution in [1.29, 1.82) is 0 Å². The number of benzene rings is 1. The summed E-state index contributed by atoms with van der Waals surface area (Å²) < 4.78 is 11.5. The fourth-order valence-corrected chi connectivity index (χ4v) is 4.00. The predicted molar refractivity (Wildman–Crippen MR) is 98.8 cm³/mol. The second kappa shape index (κ2) is 7.99. The van der Waals surface area contributed by atoms with Gasteiger partial charge in [0.1, 0.15) is 0 Å². The topological polar surface area (TPSA) is 55.8 Å². The number of hydrogen-bond acceptors (Lipinski definition) is 5. The van der Waals surface area contributed by atoms with Crippen molar-refractivity contribution in [3.05, 3.63) is 40.2 Å². The maximum absolute atomic E-state index is 12.0. The van der Waals surface area contributed by atoms with Crippen molar-refractivity contribution in [2.75, 3.05) is 26.3 Å². The lowest BCUT2D eigenvalue weighted by Crippen LogP contribution is -2.46. The summed E-state index contributed by atoms with van der Waals surface area (Å²) in [4.78, 5) is 26.3. The minimum atomic E-state index is -0.566. The Bertz CT molecular complexity index is 817. The minimum absolute atomic E-state index is 0.00315. The number of carbonyl (C=O) groups excluding carboxylic acids is 2. The van der Waals surface area contributed by atoms with Crippen molar-refractivity contribution in [2.24, 2.45) is 0 Å². The van der Waals surface area contributed by atoms with E-state index in [4.69, 9.17) is 21.1 Å². The number of amides is 1. The maximum atomic E-state index is 12.0. The predicted octanol–water partition coefficient (Wildman–Crippen LogP) is 3.36. The summed E-state index contributed by atoms with van der Waals surface area (Å²) in [5.74, 6) is -0.778. The van der Waals surface area contributed by atoms with Crippen molar-refractivity contribution in [2.45, 2.75) is 13.0 Å². The Hall–Kier alpha value is -1.89. The monoisotopic (exact) mass is 379 g/mol. The van der Waals surface area contributed by atoms with Crippen molar-refractivity contribution >= 4 is 51.0 Å². The Balaban J connectivity index is 1.55. The van der Waals surface area contributed by atoms with E-state index in [0.717, 1.165) is 15.0 Å². The van der Waals surface area contributed by atoms with Crippen LogP contribution in [0, 0.1) is 0 Å². The molecule has 3 rings (SSSR count). The van der Waals surface area contributed by atoms with Crippen LogP contribution in [-0.2, 0) is 19.1 Å². The molecule has 1 aliphatic rings. The zero-order chi connectivity index (χ0) is 17.8. The molecule has 1 atom stereocenters. The van der Waals surface area contributed by atoms with Crippen LogP contribution in [0.4, 0.5) is 0 Å². The van der Waals surface area contributed by atoms with Crippen LogP contribution in [0.1, 0.15) is 11.8 Å². The zero-order valence-electron chi connectivity index (χ0n) is 13.7. The molecule has 0 saturated carbocycles. The Morgan fingerprint density at radius 2 is 2.24 bits per heavy atom. The molecule has 0 N–H and O–H groups in total. The van der Waals surface area contributed by atoms with Gasteiger partial charge in [0.05, 0.1) is 17.7 Å². The molecule has 1 fully saturated rings. The van der Waals surface area contributed by atoms with Gasteiger partial charge >= 0.3 is 5.97 Å². The van der Waals surface area contributed by atoms with Gasteiger partial charge in [-0.25, -0.2) is 4.79 Å². The number of esters is 1. The largest absolute Gasteiger partial charge is 0.452 e. The number of thiophene rings is 1. The highest BCUT2D eigenvalue weighted by molar-refractivity contribution is 7.20. The molecule has 7 heteroatoms. The maximum Gasteiger partial charge on any atom is 0.331 e. The highest BCUT2D eigenvalue weighted by Gasteiger charge is 2.21. The van der Waals surface area contributed by atoms with E-state index in [9.17, 15) is 9.59 Å². The van der Waals surface area contributed by atoms with Crippen LogP contribution in [0.25, 0.3) is 16.2 Å². The first kappa shape index (κ1) is 17.9. The molecule has 5 nitrogen and oxygen atoms in total. The SMILES string of the molecule is CC1CN(C(=O)COC(=O)/C=C/c2sc3ccccc3c2Cl)CCO1. The van der Waals surface area contributed by atoms with Gasteiger partial charge in [0.15, 0.2) is 6.61 Å². The lowest BCUT2D eigenvalue weighted by Gasteiger charge is -2.30. The molecule has 1 amide bonds. The molecule has 1 aliphatic heterocycles. The van der Waals surface area contributed by atoms with Gasteiger partial charge in [0.2, 0.25) is 0 Å². The fraction of sp³-hybridized carbons (Fsp3) is 0.333. The molecular weight excluding hydrogens is 362 g/mol. The summed E-state index contributed by atoms with van der Waals surface area (Å²) in [6, 6.07) is 7.77. The molecule has 1 saturated heterocycles. The summed E-state index contributed by atoms with van der Waals surface area (Å²) >= 11 is 7.82. The third-order valence-corrected chi connectivity index (χ3v) is 5.52. The Labute approximate surface area is 154 Å². The van der Waals surface area contributed by atoms with Crippen LogP contribution in [0.5, 0.6) is 0 Å². The quantitative estimate of drug-likeness (QED) is 0.603. The van der Waals surface area contributed by atoms with Crippen LogP contribution in [0.3, 0.4) is 0 Å². The average molecular weight is 380 g/mol. The first-order valence-electron chi connectivity index (χ1n) is 7.96. The fourth-order valence-electron chi connectivity index (χ4n) is 2.60. The van der Waals surface area contributed by atoms with Crippen LogP contribution in [0.15, 0.2) is 30.3 Å². The number of hydrogen-bond donors (Lipinski definition) is 0. The Kier molecular flexibility index (Phi) is 5.73.